The molecule has 7 N–H and O–H groups in total. The molecule has 16 nitrogen and oxygen atoms in total. The van der Waals surface area contributed by atoms with Gasteiger partial charge in [-0.1, -0.05) is 89.1 Å². The molecule has 1 aromatic rings. The average molecular weight is 871 g/mol. The highest BCUT2D eigenvalue weighted by Crippen LogP contribution is 2.22. The first-order chi connectivity index (χ1) is 29.3. The summed E-state index contributed by atoms with van der Waals surface area (Å²) in [6.45, 7) is 13.5. The van der Waals surface area contributed by atoms with Gasteiger partial charge in [0.15, 0.2) is 0 Å². The fraction of sp³-hybridized carbons (Fsp3) is 0.696. The summed E-state index contributed by atoms with van der Waals surface area (Å²) in [4.78, 5) is 107. The van der Waals surface area contributed by atoms with E-state index in [9.17, 15) is 48.6 Å². The lowest BCUT2D eigenvalue weighted by Gasteiger charge is -2.32. The van der Waals surface area contributed by atoms with Gasteiger partial charge in [-0.15, -0.1) is 0 Å². The lowest BCUT2D eigenvalue weighted by Crippen LogP contribution is -2.61. The van der Waals surface area contributed by atoms with Gasteiger partial charge < -0.3 is 46.5 Å². The first-order valence-corrected chi connectivity index (χ1v) is 22.5. The molecule has 0 spiro atoms. The number of Topliss-reactive ketones (excluding diaryl/α,β-unsaturated/α-hetero) is 1. The van der Waals surface area contributed by atoms with Crippen molar-refractivity contribution >= 4 is 47.5 Å². The number of unbranched alkanes of at least 4 members (excludes halogenated alkanes) is 6. The molecule has 1 saturated heterocycles. The molecule has 3 unspecified atom stereocenters. The number of hydrogen-bond acceptors (Lipinski definition) is 10. The number of aliphatic hydroxyl groups is 2. The van der Waals surface area contributed by atoms with E-state index in [4.69, 9.17) is 0 Å². The van der Waals surface area contributed by atoms with Crippen LogP contribution in [0.3, 0.4) is 0 Å². The Morgan fingerprint density at radius 1 is 0.742 bits per heavy atom. The molecule has 62 heavy (non-hydrogen) atoms. The Labute approximate surface area is 367 Å². The Balaban J connectivity index is 2.11. The summed E-state index contributed by atoms with van der Waals surface area (Å²) in [7, 11) is 0. The highest BCUT2D eigenvalue weighted by Gasteiger charge is 2.41. The Hall–Kier alpha value is -4.70. The van der Waals surface area contributed by atoms with Crippen LogP contribution in [0.4, 0.5) is 0 Å². The Morgan fingerprint density at radius 3 is 1.94 bits per heavy atom. The minimum atomic E-state index is -1.56. The number of aryl methyl sites for hydroxylation is 1. The van der Waals surface area contributed by atoms with E-state index in [2.05, 4.69) is 33.5 Å². The van der Waals surface area contributed by atoms with E-state index in [1.54, 1.807) is 12.1 Å². The van der Waals surface area contributed by atoms with Crippen LogP contribution in [0.25, 0.3) is 0 Å². The van der Waals surface area contributed by atoms with Crippen molar-refractivity contribution in [3.63, 3.8) is 0 Å². The highest BCUT2D eigenvalue weighted by atomic mass is 16.3. The summed E-state index contributed by atoms with van der Waals surface area (Å²) in [6, 6.07) is 0.0577. The number of carbonyl (C=O) groups excluding carboxylic acids is 8. The predicted molar refractivity (Wildman–Crippen MR) is 235 cm³/mol. The largest absolute Gasteiger partial charge is 0.391 e. The van der Waals surface area contributed by atoms with Crippen LogP contribution in [0, 0.1) is 18.8 Å². The van der Waals surface area contributed by atoms with E-state index in [0.717, 1.165) is 43.2 Å². The van der Waals surface area contributed by atoms with Crippen LogP contribution in [0.15, 0.2) is 24.3 Å². The fourth-order valence-corrected chi connectivity index (χ4v) is 7.50. The summed E-state index contributed by atoms with van der Waals surface area (Å²) >= 11 is 0. The maximum Gasteiger partial charge on any atom is 0.248 e. The molecular formula is C46H74N6O10. The molecule has 9 atom stereocenters. The van der Waals surface area contributed by atoms with Crippen LogP contribution in [0.5, 0.6) is 0 Å². The van der Waals surface area contributed by atoms with Crippen molar-refractivity contribution in [1.82, 2.24) is 31.5 Å². The zero-order chi connectivity index (χ0) is 46.5. The van der Waals surface area contributed by atoms with Crippen molar-refractivity contribution in [2.45, 2.75) is 187 Å². The normalized spacial score (nSPS) is 17.7. The second-order valence-corrected chi connectivity index (χ2v) is 17.5. The zero-order valence-corrected chi connectivity index (χ0v) is 38.2. The van der Waals surface area contributed by atoms with Gasteiger partial charge in [0.2, 0.25) is 35.4 Å². The molecule has 0 saturated carbocycles. The van der Waals surface area contributed by atoms with Gasteiger partial charge in [0.05, 0.1) is 18.2 Å². The number of amides is 6. The number of likely N-dealkylation sites (tertiary alicyclic amines) is 1. The van der Waals surface area contributed by atoms with E-state index < -0.39 is 89.8 Å². The maximum absolute atomic E-state index is 14.0. The number of nitrogens with zero attached hydrogens (tertiary/aromatic N) is 1. The predicted octanol–water partition coefficient (Wildman–Crippen LogP) is 2.72. The monoisotopic (exact) mass is 871 g/mol. The Kier molecular flexibility index (Phi) is 23.6. The number of rotatable bonds is 28. The van der Waals surface area contributed by atoms with Crippen molar-refractivity contribution in [3.8, 4) is 0 Å². The van der Waals surface area contributed by atoms with E-state index in [1.165, 1.54) is 45.4 Å². The topological polar surface area (TPSA) is 240 Å². The third kappa shape index (κ3) is 18.3. The molecule has 0 bridgehead atoms. The zero-order valence-electron chi connectivity index (χ0n) is 38.2. The number of hydrogen-bond donors (Lipinski definition) is 7. The SMILES string of the molecule is CCCCCCCCCC(=O)C[C@@H](CC(C)C)C(=O)N[C@H](C(=O)N1CCC[C@@H]1C(=O)N[C@H](C(=O)N[C@@H](C)C(=O)N[C@@H](Cc1ccc(C)cc1)C(=O)NC(C)C=O)C(C)O)C(C)O. The van der Waals surface area contributed by atoms with Crippen LogP contribution in [0.2, 0.25) is 0 Å². The van der Waals surface area contributed by atoms with Crippen molar-refractivity contribution in [2.24, 2.45) is 11.8 Å². The summed E-state index contributed by atoms with van der Waals surface area (Å²) in [5.74, 6) is -4.94. The van der Waals surface area contributed by atoms with E-state index >= 15 is 0 Å². The molecule has 0 aliphatic carbocycles. The molecule has 348 valence electrons. The summed E-state index contributed by atoms with van der Waals surface area (Å²) in [5, 5.41) is 34.1. The number of ketones is 1. The number of nitrogens with one attached hydrogen (secondary N) is 5. The molecule has 2 rings (SSSR count). The third-order valence-electron chi connectivity index (χ3n) is 11.1. The average Bonchev–Trinajstić information content (AvgIpc) is 3.71. The fourth-order valence-electron chi connectivity index (χ4n) is 7.50. The van der Waals surface area contributed by atoms with Gasteiger partial charge >= 0.3 is 0 Å². The van der Waals surface area contributed by atoms with E-state index in [1.807, 2.05) is 32.9 Å². The quantitative estimate of drug-likeness (QED) is 0.0480. The number of benzene rings is 1. The van der Waals surface area contributed by atoms with Crippen molar-refractivity contribution in [3.05, 3.63) is 35.4 Å². The minimum absolute atomic E-state index is 0.0163. The molecular weight excluding hydrogens is 797 g/mol. The molecule has 1 heterocycles. The second kappa shape index (κ2) is 27.4. The second-order valence-electron chi connectivity index (χ2n) is 17.5. The standard InChI is InChI=1S/C46H74N6O10/c1-9-10-11-12-13-14-15-17-36(56)26-35(24-28(2)3)42(58)51-40(33(8)55)46(62)52-23-16-18-38(52)44(60)50-39(32(7)54)45(61)48-31(6)41(57)49-37(43(59)47-30(5)27-53)25-34-21-19-29(4)20-22-34/h19-22,27-28,30-33,35,37-40,54-55H,9-18,23-26H2,1-8H3,(H,47,59)(H,48,61)(H,49,57)(H,50,60)(H,51,58)/t30?,31-,32?,33?,35+,37-,38+,39-,40-/m0/s1. The van der Waals surface area contributed by atoms with Crippen molar-refractivity contribution < 1.29 is 48.6 Å². The minimum Gasteiger partial charge on any atom is -0.391 e. The molecule has 16 heteroatoms. The van der Waals surface area contributed by atoms with Crippen LogP contribution in [-0.4, -0.2) is 118 Å². The van der Waals surface area contributed by atoms with Crippen LogP contribution < -0.4 is 26.6 Å². The summed E-state index contributed by atoms with van der Waals surface area (Å²) in [5.41, 5.74) is 1.73. The highest BCUT2D eigenvalue weighted by molar-refractivity contribution is 5.97. The van der Waals surface area contributed by atoms with Gasteiger partial charge in [0, 0.05) is 31.7 Å². The van der Waals surface area contributed by atoms with Crippen LogP contribution in [-0.2, 0) is 44.8 Å². The molecule has 1 aliphatic heterocycles. The molecule has 1 fully saturated rings. The summed E-state index contributed by atoms with van der Waals surface area (Å²) < 4.78 is 0. The van der Waals surface area contributed by atoms with E-state index in [0.29, 0.717) is 25.5 Å². The van der Waals surface area contributed by atoms with Crippen LogP contribution >= 0.6 is 0 Å². The van der Waals surface area contributed by atoms with Gasteiger partial charge in [-0.3, -0.25) is 33.6 Å². The van der Waals surface area contributed by atoms with Crippen molar-refractivity contribution in [2.75, 3.05) is 6.54 Å². The van der Waals surface area contributed by atoms with Gasteiger partial charge in [0.25, 0.3) is 0 Å². The molecule has 1 aromatic carbocycles. The third-order valence-corrected chi connectivity index (χ3v) is 11.1. The van der Waals surface area contributed by atoms with Gasteiger partial charge in [-0.2, -0.15) is 0 Å². The smallest absolute Gasteiger partial charge is 0.248 e. The lowest BCUT2D eigenvalue weighted by molar-refractivity contribution is -0.145. The number of carbonyl (C=O) groups is 8. The Morgan fingerprint density at radius 2 is 1.35 bits per heavy atom. The molecule has 0 aromatic heterocycles. The lowest BCUT2D eigenvalue weighted by atomic mass is 9.90. The first kappa shape index (κ1) is 53.4. The van der Waals surface area contributed by atoms with Gasteiger partial charge in [-0.25, -0.2) is 0 Å². The Bertz CT molecular complexity index is 1630. The maximum atomic E-state index is 14.0. The van der Waals surface area contributed by atoms with Gasteiger partial charge in [0.1, 0.15) is 42.3 Å². The summed E-state index contributed by atoms with van der Waals surface area (Å²) in [6.07, 6.45) is 6.66. The first-order valence-electron chi connectivity index (χ1n) is 22.5. The molecule has 6 amide bonds. The number of aliphatic hydroxyl groups excluding tert-OH is 2. The number of aldehydes is 1. The van der Waals surface area contributed by atoms with Gasteiger partial charge in [-0.05, 0) is 71.8 Å². The van der Waals surface area contributed by atoms with Crippen molar-refractivity contribution in [1.29, 1.82) is 0 Å². The molecule has 0 radical (unpaired) electrons. The molecule has 1 aliphatic rings. The van der Waals surface area contributed by atoms with E-state index in [-0.39, 0.29) is 37.5 Å². The van der Waals surface area contributed by atoms with Crippen LogP contribution in [0.1, 0.15) is 137 Å².